The third-order valence-corrected chi connectivity index (χ3v) is 7.82. The van der Waals surface area contributed by atoms with Crippen LogP contribution >= 0.6 is 0 Å². The summed E-state index contributed by atoms with van der Waals surface area (Å²) in [5.41, 5.74) is 4.77. The molecule has 0 spiro atoms. The fraction of sp³-hybridized carbons (Fsp3) is 0.303. The summed E-state index contributed by atoms with van der Waals surface area (Å²) in [7, 11) is 3.95. The summed E-state index contributed by atoms with van der Waals surface area (Å²) in [5.74, 6) is -1.41. The molecule has 5 rings (SSSR count). The van der Waals surface area contributed by atoms with Crippen molar-refractivity contribution in [2.45, 2.75) is 32.4 Å². The lowest BCUT2D eigenvalue weighted by Crippen LogP contribution is -2.58. The van der Waals surface area contributed by atoms with Gasteiger partial charge in [0.15, 0.2) is 0 Å². The molecular formula is C33H37FN6O3. The highest BCUT2D eigenvalue weighted by Gasteiger charge is 2.34. The van der Waals surface area contributed by atoms with Gasteiger partial charge in [0.2, 0.25) is 11.8 Å². The van der Waals surface area contributed by atoms with Gasteiger partial charge in [0, 0.05) is 54.0 Å². The number of aromatic amines is 1. The first kappa shape index (κ1) is 29.8. The smallest absolute Gasteiger partial charge is 0.318 e. The maximum atomic E-state index is 13.8. The van der Waals surface area contributed by atoms with Gasteiger partial charge in [-0.3, -0.25) is 9.59 Å². The monoisotopic (exact) mass is 584 g/mol. The number of anilines is 2. The molecule has 224 valence electrons. The average molecular weight is 585 g/mol. The van der Waals surface area contributed by atoms with Gasteiger partial charge in [-0.25, -0.2) is 9.18 Å². The summed E-state index contributed by atoms with van der Waals surface area (Å²) in [4.78, 5) is 48.8. The Balaban J connectivity index is 1.36. The summed E-state index contributed by atoms with van der Waals surface area (Å²) in [6.07, 6.45) is 1.87. The highest BCUT2D eigenvalue weighted by molar-refractivity contribution is 6.01. The highest BCUT2D eigenvalue weighted by atomic mass is 19.1. The molecule has 1 aliphatic heterocycles. The number of para-hydroxylation sites is 1. The summed E-state index contributed by atoms with van der Waals surface area (Å²) in [5, 5.41) is 6.90. The molecule has 0 radical (unpaired) electrons. The van der Waals surface area contributed by atoms with Gasteiger partial charge in [-0.05, 0) is 74.1 Å². The maximum Gasteiger partial charge on any atom is 0.318 e. The zero-order valence-electron chi connectivity index (χ0n) is 24.9. The molecule has 1 fully saturated rings. The molecule has 9 nitrogen and oxygen atoms in total. The van der Waals surface area contributed by atoms with E-state index in [9.17, 15) is 18.8 Å². The van der Waals surface area contributed by atoms with Gasteiger partial charge in [0.05, 0.1) is 0 Å². The molecule has 1 aliphatic rings. The summed E-state index contributed by atoms with van der Waals surface area (Å²) in [6.45, 7) is 4.72. The number of H-pyrrole nitrogens is 1. The van der Waals surface area contributed by atoms with Crippen LogP contribution in [0.2, 0.25) is 0 Å². The van der Waals surface area contributed by atoms with Crippen molar-refractivity contribution in [1.29, 1.82) is 0 Å². The SMILES string of the molecule is Cc1cc(F)ccc1N1CCN(C(=O)NC(C(=O)Nc2cccc(CN(C)C)c2)C(C)c2c[nH]c3ccccc23)CC1=O. The van der Waals surface area contributed by atoms with Crippen LogP contribution in [0.5, 0.6) is 0 Å². The lowest BCUT2D eigenvalue weighted by Gasteiger charge is -2.36. The first-order valence-corrected chi connectivity index (χ1v) is 14.3. The van der Waals surface area contributed by atoms with Crippen LogP contribution in [0.25, 0.3) is 10.9 Å². The molecule has 4 aromatic rings. The number of carbonyl (C=O) groups excluding carboxylic acids is 3. The lowest BCUT2D eigenvalue weighted by atomic mass is 9.92. The van der Waals surface area contributed by atoms with Gasteiger partial charge < -0.3 is 30.3 Å². The third-order valence-electron chi connectivity index (χ3n) is 7.82. The Morgan fingerprint density at radius 2 is 1.84 bits per heavy atom. The second-order valence-corrected chi connectivity index (χ2v) is 11.3. The van der Waals surface area contributed by atoms with Crippen molar-refractivity contribution in [3.05, 3.63) is 95.4 Å². The zero-order chi connectivity index (χ0) is 30.7. The topological polar surface area (TPSA) is 101 Å². The largest absolute Gasteiger partial charge is 0.361 e. The molecule has 3 N–H and O–H groups in total. The number of nitrogens with zero attached hydrogens (tertiary/aromatic N) is 3. The summed E-state index contributed by atoms with van der Waals surface area (Å²) < 4.78 is 13.6. The van der Waals surface area contributed by atoms with E-state index in [0.29, 0.717) is 23.5 Å². The number of urea groups is 1. The van der Waals surface area contributed by atoms with Crippen molar-refractivity contribution in [3.63, 3.8) is 0 Å². The quantitative estimate of drug-likeness (QED) is 0.276. The Morgan fingerprint density at radius 3 is 2.58 bits per heavy atom. The normalized spacial score (nSPS) is 15.1. The predicted octanol–water partition coefficient (Wildman–Crippen LogP) is 4.85. The second-order valence-electron chi connectivity index (χ2n) is 11.3. The highest BCUT2D eigenvalue weighted by Crippen LogP contribution is 2.29. The summed E-state index contributed by atoms with van der Waals surface area (Å²) in [6, 6.07) is 18.3. The molecule has 43 heavy (non-hydrogen) atoms. The van der Waals surface area contributed by atoms with Crippen molar-refractivity contribution in [3.8, 4) is 0 Å². The number of aromatic nitrogens is 1. The van der Waals surface area contributed by atoms with E-state index in [1.807, 2.05) is 80.6 Å². The predicted molar refractivity (Wildman–Crippen MR) is 167 cm³/mol. The number of piperazine rings is 1. The van der Waals surface area contributed by atoms with E-state index in [1.54, 1.807) is 17.9 Å². The molecule has 1 aromatic heterocycles. The fourth-order valence-electron chi connectivity index (χ4n) is 5.65. The van der Waals surface area contributed by atoms with Gasteiger partial charge >= 0.3 is 6.03 Å². The number of hydrogen-bond donors (Lipinski definition) is 3. The Hall–Kier alpha value is -4.70. The van der Waals surface area contributed by atoms with E-state index in [-0.39, 0.29) is 37.3 Å². The van der Waals surface area contributed by atoms with Crippen LogP contribution in [0.15, 0.2) is 72.9 Å². The standard InChI is InChI=1S/C33H37FN6O3/c1-21-16-24(34)12-13-29(21)40-15-14-39(20-30(40)41)33(43)37-31(22(2)27-18-35-28-11-6-5-10-26(27)28)32(42)36-25-9-7-8-23(17-25)19-38(3)4/h5-13,16-18,22,31,35H,14-15,19-20H2,1-4H3,(H,36,42)(H,37,43). The molecule has 0 saturated carbocycles. The van der Waals surface area contributed by atoms with Crippen LogP contribution < -0.4 is 15.5 Å². The molecule has 2 unspecified atom stereocenters. The van der Waals surface area contributed by atoms with Crippen molar-refractivity contribution >= 4 is 40.1 Å². The Morgan fingerprint density at radius 1 is 1.05 bits per heavy atom. The molecule has 4 amide bonds. The lowest BCUT2D eigenvalue weighted by molar-refractivity contribution is -0.120. The second kappa shape index (κ2) is 12.7. The number of fused-ring (bicyclic) bond motifs is 1. The number of amides is 4. The van der Waals surface area contributed by atoms with Crippen LogP contribution in [0.3, 0.4) is 0 Å². The molecule has 10 heteroatoms. The minimum Gasteiger partial charge on any atom is -0.361 e. The average Bonchev–Trinajstić information content (AvgIpc) is 3.40. The van der Waals surface area contributed by atoms with Crippen LogP contribution in [0, 0.1) is 12.7 Å². The third kappa shape index (κ3) is 6.70. The van der Waals surface area contributed by atoms with Crippen molar-refractivity contribution in [2.24, 2.45) is 0 Å². The zero-order valence-corrected chi connectivity index (χ0v) is 24.9. The summed E-state index contributed by atoms with van der Waals surface area (Å²) >= 11 is 0. The molecular weight excluding hydrogens is 547 g/mol. The van der Waals surface area contributed by atoms with Crippen molar-refractivity contribution in [2.75, 3.05) is 43.9 Å². The Bertz CT molecular complexity index is 1650. The number of aryl methyl sites for hydroxylation is 1. The first-order valence-electron chi connectivity index (χ1n) is 14.3. The molecule has 3 aromatic carbocycles. The number of carbonyl (C=O) groups is 3. The van der Waals surface area contributed by atoms with Crippen molar-refractivity contribution < 1.29 is 18.8 Å². The van der Waals surface area contributed by atoms with E-state index in [0.717, 1.165) is 22.0 Å². The van der Waals surface area contributed by atoms with Crippen LogP contribution in [0.1, 0.15) is 29.5 Å². The van der Waals surface area contributed by atoms with Gasteiger partial charge in [-0.15, -0.1) is 0 Å². The molecule has 2 atom stereocenters. The number of halogens is 1. The van der Waals surface area contributed by atoms with Gasteiger partial charge in [-0.2, -0.15) is 0 Å². The van der Waals surface area contributed by atoms with E-state index < -0.39 is 18.0 Å². The van der Waals surface area contributed by atoms with Crippen LogP contribution in [0.4, 0.5) is 20.6 Å². The van der Waals surface area contributed by atoms with Crippen molar-refractivity contribution in [1.82, 2.24) is 20.1 Å². The number of benzene rings is 3. The van der Waals surface area contributed by atoms with E-state index in [2.05, 4.69) is 15.6 Å². The van der Waals surface area contributed by atoms with E-state index in [1.165, 1.54) is 17.0 Å². The van der Waals surface area contributed by atoms with Crippen LogP contribution in [-0.4, -0.2) is 72.4 Å². The molecule has 0 aliphatic carbocycles. The van der Waals surface area contributed by atoms with Gasteiger partial charge in [0.1, 0.15) is 18.4 Å². The van der Waals surface area contributed by atoms with E-state index in [4.69, 9.17) is 0 Å². The molecule has 2 heterocycles. The maximum absolute atomic E-state index is 13.8. The minimum atomic E-state index is -0.934. The van der Waals surface area contributed by atoms with Crippen LogP contribution in [-0.2, 0) is 16.1 Å². The Labute approximate surface area is 250 Å². The minimum absolute atomic E-state index is 0.162. The van der Waals surface area contributed by atoms with E-state index >= 15 is 0 Å². The Kier molecular flexibility index (Phi) is 8.77. The van der Waals surface area contributed by atoms with Gasteiger partial charge in [-0.1, -0.05) is 37.3 Å². The number of rotatable bonds is 8. The number of hydrogen-bond acceptors (Lipinski definition) is 4. The molecule has 1 saturated heterocycles. The molecule has 0 bridgehead atoms. The number of nitrogens with one attached hydrogen (secondary N) is 3. The first-order chi connectivity index (χ1) is 20.6. The van der Waals surface area contributed by atoms with Gasteiger partial charge in [0.25, 0.3) is 0 Å². The fourth-order valence-corrected chi connectivity index (χ4v) is 5.65.